The lowest BCUT2D eigenvalue weighted by molar-refractivity contribution is -0.155. The zero-order valence-corrected chi connectivity index (χ0v) is 22.5. The van der Waals surface area contributed by atoms with Gasteiger partial charge in [0.2, 0.25) is 5.91 Å². The molecule has 2 bridgehead atoms. The fourth-order valence-corrected chi connectivity index (χ4v) is 6.83. The van der Waals surface area contributed by atoms with Crippen molar-refractivity contribution in [2.45, 2.75) is 41.8 Å². The van der Waals surface area contributed by atoms with Crippen LogP contribution >= 0.6 is 15.9 Å². The molecular formula is C27H33BrN2O7. The summed E-state index contributed by atoms with van der Waals surface area (Å²) in [5.74, 6) is -2.33. The first-order chi connectivity index (χ1) is 17.8. The van der Waals surface area contributed by atoms with Gasteiger partial charge in [-0.2, -0.15) is 0 Å². The van der Waals surface area contributed by atoms with Gasteiger partial charge in [-0.3, -0.25) is 14.4 Å². The normalized spacial score (nSPS) is 29.6. The quantitative estimate of drug-likeness (QED) is 0.176. The molecule has 9 nitrogen and oxygen atoms in total. The number of aliphatic hydroxyl groups is 1. The average molecular weight is 577 g/mol. The number of β-amino-alcohol motifs (C(OH)–C–C–N with tert-alkyl or cyclic N) is 1. The number of hydrogen-bond donors (Lipinski definition) is 1. The molecule has 37 heavy (non-hydrogen) atoms. The predicted octanol–water partition coefficient (Wildman–Crippen LogP) is 2.46. The van der Waals surface area contributed by atoms with E-state index in [0.717, 1.165) is 0 Å². The Balaban J connectivity index is 1.69. The van der Waals surface area contributed by atoms with Gasteiger partial charge in [0.15, 0.2) is 0 Å². The van der Waals surface area contributed by atoms with E-state index in [9.17, 15) is 19.5 Å². The molecule has 2 amide bonds. The summed E-state index contributed by atoms with van der Waals surface area (Å²) in [6, 6.07) is 5.98. The van der Waals surface area contributed by atoms with Gasteiger partial charge in [-0.25, -0.2) is 0 Å². The molecular weight excluding hydrogens is 544 g/mol. The number of rotatable bonds is 12. The summed E-state index contributed by atoms with van der Waals surface area (Å²) in [4.78, 5) is 43.9. The predicted molar refractivity (Wildman–Crippen MR) is 140 cm³/mol. The monoisotopic (exact) mass is 576 g/mol. The topological polar surface area (TPSA) is 106 Å². The Morgan fingerprint density at radius 2 is 2.03 bits per heavy atom. The summed E-state index contributed by atoms with van der Waals surface area (Å²) in [5, 5.41) is 9.79. The SMILES string of the molecule is C=CCCCOC(=O)[C@H]1[C@H]2C(=O)N(CCO)C(C(=O)N(CC=C)c3ccc(OC)cc3)C23CC(Br)[C@@H]1O3. The summed E-state index contributed by atoms with van der Waals surface area (Å²) in [5.41, 5.74) is -0.623. The van der Waals surface area contributed by atoms with Crippen molar-refractivity contribution in [1.29, 1.82) is 0 Å². The van der Waals surface area contributed by atoms with Crippen LogP contribution in [0, 0.1) is 11.8 Å². The van der Waals surface area contributed by atoms with E-state index < -0.39 is 35.6 Å². The summed E-state index contributed by atoms with van der Waals surface area (Å²) < 4.78 is 17.2. The number of unbranched alkanes of at least 4 members (excludes halogenated alkanes) is 1. The number of methoxy groups -OCH3 is 1. The first-order valence-corrected chi connectivity index (χ1v) is 13.3. The van der Waals surface area contributed by atoms with Crippen LogP contribution in [0.15, 0.2) is 49.6 Å². The Morgan fingerprint density at radius 1 is 1.30 bits per heavy atom. The van der Waals surface area contributed by atoms with Crippen LogP contribution in [0.3, 0.4) is 0 Å². The Labute approximate surface area is 225 Å². The molecule has 3 fully saturated rings. The van der Waals surface area contributed by atoms with E-state index in [4.69, 9.17) is 14.2 Å². The lowest BCUT2D eigenvalue weighted by Crippen LogP contribution is -2.57. The Hall–Kier alpha value is -2.69. The highest BCUT2D eigenvalue weighted by Crippen LogP contribution is 2.60. The van der Waals surface area contributed by atoms with Gasteiger partial charge in [-0.05, 0) is 43.5 Å². The summed E-state index contributed by atoms with van der Waals surface area (Å²) >= 11 is 3.63. The molecule has 0 saturated carbocycles. The maximum absolute atomic E-state index is 14.2. The number of benzene rings is 1. The van der Waals surface area contributed by atoms with E-state index in [1.807, 2.05) is 0 Å². The Morgan fingerprint density at radius 3 is 2.65 bits per heavy atom. The van der Waals surface area contributed by atoms with Crippen LogP contribution in [0.5, 0.6) is 5.75 Å². The maximum Gasteiger partial charge on any atom is 0.312 e. The molecule has 6 atom stereocenters. The molecule has 10 heteroatoms. The van der Waals surface area contributed by atoms with Crippen LogP contribution < -0.4 is 9.64 Å². The first kappa shape index (κ1) is 27.3. The van der Waals surface area contributed by atoms with E-state index in [1.165, 1.54) is 9.80 Å². The number of likely N-dealkylation sites (tertiary alicyclic amines) is 1. The van der Waals surface area contributed by atoms with Crippen LogP contribution in [0.1, 0.15) is 19.3 Å². The molecule has 0 aromatic heterocycles. The van der Waals surface area contributed by atoms with Crippen molar-refractivity contribution in [1.82, 2.24) is 4.90 Å². The number of esters is 1. The van der Waals surface area contributed by atoms with Gasteiger partial charge in [-0.15, -0.1) is 13.2 Å². The molecule has 1 aromatic rings. The van der Waals surface area contributed by atoms with Crippen LogP contribution in [-0.4, -0.2) is 83.8 Å². The number of alkyl halides is 1. The molecule has 3 aliphatic heterocycles. The van der Waals surface area contributed by atoms with Crippen molar-refractivity contribution in [3.63, 3.8) is 0 Å². The molecule has 3 unspecified atom stereocenters. The second-order valence-corrected chi connectivity index (χ2v) is 10.6. The fraction of sp³-hybridized carbons (Fsp3) is 0.519. The number of aliphatic hydroxyl groups excluding tert-OH is 1. The highest BCUT2D eigenvalue weighted by molar-refractivity contribution is 9.09. The smallest absolute Gasteiger partial charge is 0.312 e. The van der Waals surface area contributed by atoms with E-state index in [2.05, 4.69) is 29.1 Å². The number of fused-ring (bicyclic) bond motifs is 1. The number of carbonyl (C=O) groups excluding carboxylic acids is 3. The number of amides is 2. The maximum atomic E-state index is 14.2. The molecule has 3 saturated heterocycles. The van der Waals surface area contributed by atoms with Gasteiger partial charge in [-0.1, -0.05) is 28.1 Å². The minimum absolute atomic E-state index is 0.0554. The standard InChI is InChI=1S/C27H33BrN2O7/c1-4-6-7-15-36-26(34)20-21-24(32)30(13-14-31)23(27(21)16-19(28)22(20)37-27)25(33)29(12-5-2)17-8-10-18(35-3)11-9-17/h4-5,8-11,19-23,31H,1-2,6-7,12-16H2,3H3/t19?,20-,21-,22-,23?,27?/m0/s1. The van der Waals surface area contributed by atoms with E-state index in [-0.39, 0.29) is 42.9 Å². The van der Waals surface area contributed by atoms with E-state index >= 15 is 0 Å². The zero-order chi connectivity index (χ0) is 26.7. The molecule has 1 spiro atoms. The van der Waals surface area contributed by atoms with Crippen LogP contribution in [0.4, 0.5) is 5.69 Å². The second kappa shape index (κ2) is 11.4. The van der Waals surface area contributed by atoms with Gasteiger partial charge >= 0.3 is 5.97 Å². The molecule has 3 aliphatic rings. The number of carbonyl (C=O) groups is 3. The minimum atomic E-state index is -1.22. The molecule has 3 heterocycles. The first-order valence-electron chi connectivity index (χ1n) is 12.4. The van der Waals surface area contributed by atoms with Gasteiger partial charge in [0.1, 0.15) is 17.4 Å². The molecule has 200 valence electrons. The second-order valence-electron chi connectivity index (χ2n) is 9.45. The Kier molecular flexibility index (Phi) is 8.40. The number of hydrogen-bond acceptors (Lipinski definition) is 7. The third-order valence-corrected chi connectivity index (χ3v) is 8.24. The van der Waals surface area contributed by atoms with Crippen molar-refractivity contribution in [3.05, 3.63) is 49.6 Å². The average Bonchev–Trinajstić information content (AvgIpc) is 3.48. The van der Waals surface area contributed by atoms with E-state index in [1.54, 1.807) is 43.5 Å². The summed E-state index contributed by atoms with van der Waals surface area (Å²) in [7, 11) is 1.56. The highest BCUT2D eigenvalue weighted by atomic mass is 79.9. The van der Waals surface area contributed by atoms with Gasteiger partial charge < -0.3 is 29.1 Å². The number of allylic oxidation sites excluding steroid dienone is 1. The largest absolute Gasteiger partial charge is 0.497 e. The molecule has 0 aliphatic carbocycles. The lowest BCUT2D eigenvalue weighted by atomic mass is 9.70. The van der Waals surface area contributed by atoms with Crippen molar-refractivity contribution in [2.24, 2.45) is 11.8 Å². The van der Waals surface area contributed by atoms with Crippen LogP contribution in [0.25, 0.3) is 0 Å². The summed E-state index contributed by atoms with van der Waals surface area (Å²) in [6.07, 6.45) is 4.47. The minimum Gasteiger partial charge on any atom is -0.497 e. The van der Waals surface area contributed by atoms with Crippen LogP contribution in [0.2, 0.25) is 0 Å². The fourth-order valence-electron chi connectivity index (χ4n) is 5.88. The van der Waals surface area contributed by atoms with Crippen molar-refractivity contribution in [2.75, 3.05) is 38.3 Å². The van der Waals surface area contributed by atoms with Gasteiger partial charge in [0.25, 0.3) is 5.91 Å². The van der Waals surface area contributed by atoms with Crippen LogP contribution in [-0.2, 0) is 23.9 Å². The lowest BCUT2D eigenvalue weighted by Gasteiger charge is -2.37. The molecule has 1 aromatic carbocycles. The van der Waals surface area contributed by atoms with Gasteiger partial charge in [0.05, 0.1) is 38.3 Å². The van der Waals surface area contributed by atoms with Gasteiger partial charge in [0, 0.05) is 23.6 Å². The number of ether oxygens (including phenoxy) is 3. The van der Waals surface area contributed by atoms with Crippen molar-refractivity contribution < 1.29 is 33.7 Å². The van der Waals surface area contributed by atoms with E-state index in [0.29, 0.717) is 30.7 Å². The number of halogens is 1. The summed E-state index contributed by atoms with van der Waals surface area (Å²) in [6.45, 7) is 7.48. The third kappa shape index (κ3) is 4.70. The van der Waals surface area contributed by atoms with Crippen molar-refractivity contribution in [3.8, 4) is 5.75 Å². The number of anilines is 1. The zero-order valence-electron chi connectivity index (χ0n) is 20.9. The Bertz CT molecular complexity index is 1050. The third-order valence-electron chi connectivity index (χ3n) is 7.39. The van der Waals surface area contributed by atoms with Crippen molar-refractivity contribution >= 4 is 39.4 Å². The highest BCUT2D eigenvalue weighted by Gasteiger charge is 2.77. The molecule has 0 radical (unpaired) electrons. The molecule has 4 rings (SSSR count). The molecule has 1 N–H and O–H groups in total. The number of nitrogens with zero attached hydrogens (tertiary/aromatic N) is 2.